The van der Waals surface area contributed by atoms with Gasteiger partial charge in [0.1, 0.15) is 11.6 Å². The van der Waals surface area contributed by atoms with E-state index in [1.54, 1.807) is 42.1 Å². The summed E-state index contributed by atoms with van der Waals surface area (Å²) in [5.41, 5.74) is 3.96. The number of halogens is 1. The molecule has 2 aromatic carbocycles. The van der Waals surface area contributed by atoms with Crippen molar-refractivity contribution in [2.75, 3.05) is 11.9 Å². The molecule has 1 amide bonds. The molecule has 0 bridgehead atoms. The van der Waals surface area contributed by atoms with Gasteiger partial charge in [0.15, 0.2) is 5.69 Å². The number of fused-ring (bicyclic) bond motifs is 1. The lowest BCUT2D eigenvalue weighted by molar-refractivity contribution is 0.102. The van der Waals surface area contributed by atoms with Crippen LogP contribution in [0.25, 0.3) is 22.3 Å². The molecule has 30 heavy (non-hydrogen) atoms. The summed E-state index contributed by atoms with van der Waals surface area (Å²) in [6.45, 7) is 3.82. The van der Waals surface area contributed by atoms with Crippen LogP contribution in [0.15, 0.2) is 48.5 Å². The van der Waals surface area contributed by atoms with Crippen LogP contribution in [0.5, 0.6) is 0 Å². The summed E-state index contributed by atoms with van der Waals surface area (Å²) < 4.78 is 16.7. The molecule has 154 valence electrons. The lowest BCUT2D eigenvalue weighted by Gasteiger charge is -2.13. The lowest BCUT2D eigenvalue weighted by atomic mass is 10.1. The Kier molecular flexibility index (Phi) is 5.09. The SMILES string of the molecule is Cc1nc2cc(NC(=O)c3cc(-c4ccc(F)cc4)n(C)n3)ccc2n1C(C)CO. The van der Waals surface area contributed by atoms with Crippen LogP contribution in [0.3, 0.4) is 0 Å². The van der Waals surface area contributed by atoms with E-state index in [9.17, 15) is 14.3 Å². The van der Waals surface area contributed by atoms with E-state index < -0.39 is 0 Å². The van der Waals surface area contributed by atoms with Gasteiger partial charge in [-0.2, -0.15) is 5.10 Å². The van der Waals surface area contributed by atoms with Gasteiger partial charge in [-0.15, -0.1) is 0 Å². The number of nitrogens with one attached hydrogen (secondary N) is 1. The minimum atomic E-state index is -0.349. The molecule has 0 fully saturated rings. The van der Waals surface area contributed by atoms with Crippen LogP contribution >= 0.6 is 0 Å². The summed E-state index contributed by atoms with van der Waals surface area (Å²) in [6.07, 6.45) is 0. The fourth-order valence-electron chi connectivity index (χ4n) is 3.60. The smallest absolute Gasteiger partial charge is 0.276 e. The molecule has 0 aliphatic heterocycles. The lowest BCUT2D eigenvalue weighted by Crippen LogP contribution is -2.13. The second-order valence-corrected chi connectivity index (χ2v) is 7.26. The molecule has 2 N–H and O–H groups in total. The van der Waals surface area contributed by atoms with Gasteiger partial charge >= 0.3 is 0 Å². The van der Waals surface area contributed by atoms with Crippen molar-refractivity contribution in [3.05, 3.63) is 65.9 Å². The van der Waals surface area contributed by atoms with E-state index in [0.29, 0.717) is 11.4 Å². The first-order valence-electron chi connectivity index (χ1n) is 9.58. The van der Waals surface area contributed by atoms with Crippen molar-refractivity contribution >= 4 is 22.6 Å². The van der Waals surface area contributed by atoms with Crippen LogP contribution in [0, 0.1) is 12.7 Å². The normalized spacial score (nSPS) is 12.3. The predicted octanol–water partition coefficient (Wildman–Crippen LogP) is 3.69. The van der Waals surface area contributed by atoms with Gasteiger partial charge < -0.3 is 15.0 Å². The summed E-state index contributed by atoms with van der Waals surface area (Å²) in [5.74, 6) is 0.127. The minimum absolute atomic E-state index is 0.0147. The van der Waals surface area contributed by atoms with E-state index in [1.165, 1.54) is 12.1 Å². The molecule has 1 atom stereocenters. The number of amides is 1. The Morgan fingerprint density at radius 2 is 1.93 bits per heavy atom. The third kappa shape index (κ3) is 3.57. The van der Waals surface area contributed by atoms with Crippen molar-refractivity contribution in [1.29, 1.82) is 0 Å². The highest BCUT2D eigenvalue weighted by Gasteiger charge is 2.16. The Bertz CT molecular complexity index is 1230. The van der Waals surface area contributed by atoms with E-state index in [4.69, 9.17) is 0 Å². The molecule has 2 heterocycles. The summed E-state index contributed by atoms with van der Waals surface area (Å²) in [7, 11) is 1.74. The molecule has 0 saturated carbocycles. The molecule has 7 nitrogen and oxygen atoms in total. The summed E-state index contributed by atoms with van der Waals surface area (Å²) in [5, 5.41) is 16.6. The summed E-state index contributed by atoms with van der Waals surface area (Å²) in [4.78, 5) is 17.3. The Morgan fingerprint density at radius 3 is 2.63 bits per heavy atom. The average Bonchev–Trinajstić information content (AvgIpc) is 3.27. The first kappa shape index (κ1) is 19.8. The highest BCUT2D eigenvalue weighted by atomic mass is 19.1. The van der Waals surface area contributed by atoms with Crippen molar-refractivity contribution in [2.45, 2.75) is 19.9 Å². The first-order chi connectivity index (χ1) is 14.4. The van der Waals surface area contributed by atoms with Gasteiger partial charge in [0, 0.05) is 12.7 Å². The second-order valence-electron chi connectivity index (χ2n) is 7.26. The molecular formula is C22H22FN5O2. The number of aryl methyl sites for hydroxylation is 2. The molecule has 0 radical (unpaired) electrons. The first-order valence-corrected chi connectivity index (χ1v) is 9.58. The topological polar surface area (TPSA) is 85.0 Å². The molecule has 4 rings (SSSR count). The molecule has 8 heteroatoms. The number of carbonyl (C=O) groups is 1. The standard InChI is InChI=1S/C22H22FN5O2/c1-13(12-29)28-14(2)24-18-10-17(8-9-20(18)28)25-22(30)19-11-21(27(3)26-19)15-4-6-16(23)7-5-15/h4-11,13,29H,12H2,1-3H3,(H,25,30). The predicted molar refractivity (Wildman–Crippen MR) is 113 cm³/mol. The number of rotatable bonds is 5. The number of aliphatic hydroxyl groups excluding tert-OH is 1. The number of imidazole rings is 1. The molecule has 0 aliphatic carbocycles. The van der Waals surface area contributed by atoms with Crippen molar-refractivity contribution in [3.63, 3.8) is 0 Å². The number of carbonyl (C=O) groups excluding carboxylic acids is 1. The average molecular weight is 407 g/mol. The number of anilines is 1. The van der Waals surface area contributed by atoms with Crippen LogP contribution in [0.4, 0.5) is 10.1 Å². The molecule has 0 aliphatic rings. The maximum Gasteiger partial charge on any atom is 0.276 e. The number of nitrogens with zero attached hydrogens (tertiary/aromatic N) is 4. The van der Waals surface area contributed by atoms with Crippen LogP contribution in [-0.2, 0) is 7.05 Å². The van der Waals surface area contributed by atoms with Gasteiger partial charge in [-0.25, -0.2) is 9.37 Å². The Balaban J connectivity index is 1.59. The van der Waals surface area contributed by atoms with Crippen molar-refractivity contribution in [1.82, 2.24) is 19.3 Å². The van der Waals surface area contributed by atoms with Crippen molar-refractivity contribution in [2.24, 2.45) is 7.05 Å². The minimum Gasteiger partial charge on any atom is -0.394 e. The Hall–Kier alpha value is -3.52. The maximum atomic E-state index is 13.2. The number of benzene rings is 2. The maximum absolute atomic E-state index is 13.2. The fourth-order valence-corrected chi connectivity index (χ4v) is 3.60. The quantitative estimate of drug-likeness (QED) is 0.528. The van der Waals surface area contributed by atoms with Crippen LogP contribution in [-0.4, -0.2) is 37.0 Å². The largest absolute Gasteiger partial charge is 0.394 e. The highest BCUT2D eigenvalue weighted by Crippen LogP contribution is 2.25. The zero-order valence-electron chi connectivity index (χ0n) is 16.9. The van der Waals surface area contributed by atoms with Crippen molar-refractivity contribution < 1.29 is 14.3 Å². The Morgan fingerprint density at radius 1 is 1.20 bits per heavy atom. The van der Waals surface area contributed by atoms with Crippen LogP contribution in [0.2, 0.25) is 0 Å². The zero-order valence-corrected chi connectivity index (χ0v) is 16.9. The summed E-state index contributed by atoms with van der Waals surface area (Å²) in [6, 6.07) is 13.1. The van der Waals surface area contributed by atoms with Crippen LogP contribution in [0.1, 0.15) is 29.3 Å². The number of aliphatic hydroxyl groups is 1. The van der Waals surface area contributed by atoms with Gasteiger partial charge in [0.05, 0.1) is 29.4 Å². The number of hydrogen-bond acceptors (Lipinski definition) is 4. The zero-order chi connectivity index (χ0) is 21.4. The van der Waals surface area contributed by atoms with Crippen molar-refractivity contribution in [3.8, 4) is 11.3 Å². The highest BCUT2D eigenvalue weighted by molar-refractivity contribution is 6.04. The molecule has 0 spiro atoms. The fraction of sp³-hybridized carbons (Fsp3) is 0.227. The van der Waals surface area contributed by atoms with Gasteiger partial charge in [-0.3, -0.25) is 9.48 Å². The van der Waals surface area contributed by atoms with E-state index in [-0.39, 0.29) is 30.1 Å². The molecule has 0 saturated heterocycles. The van der Waals surface area contributed by atoms with Gasteiger partial charge in [-0.1, -0.05) is 0 Å². The third-order valence-electron chi connectivity index (χ3n) is 5.08. The second kappa shape index (κ2) is 7.72. The van der Waals surface area contributed by atoms with E-state index in [0.717, 1.165) is 22.4 Å². The molecule has 4 aromatic rings. The van der Waals surface area contributed by atoms with Gasteiger partial charge in [0.2, 0.25) is 0 Å². The third-order valence-corrected chi connectivity index (χ3v) is 5.08. The molecule has 1 unspecified atom stereocenters. The number of hydrogen-bond donors (Lipinski definition) is 2. The van der Waals surface area contributed by atoms with E-state index in [2.05, 4.69) is 15.4 Å². The summed E-state index contributed by atoms with van der Waals surface area (Å²) >= 11 is 0. The number of aromatic nitrogens is 4. The van der Waals surface area contributed by atoms with E-state index in [1.807, 2.05) is 24.5 Å². The molecular weight excluding hydrogens is 385 g/mol. The van der Waals surface area contributed by atoms with Gasteiger partial charge in [-0.05, 0) is 67.9 Å². The van der Waals surface area contributed by atoms with Crippen LogP contribution < -0.4 is 5.32 Å². The van der Waals surface area contributed by atoms with E-state index >= 15 is 0 Å². The monoisotopic (exact) mass is 407 g/mol. The molecule has 2 aromatic heterocycles. The van der Waals surface area contributed by atoms with Gasteiger partial charge in [0.25, 0.3) is 5.91 Å². The Labute approximate surface area is 172 Å².